The summed E-state index contributed by atoms with van der Waals surface area (Å²) in [5.41, 5.74) is -1.46. The second kappa shape index (κ2) is 5.32. The molecule has 11 atom stereocenters. The first-order valence-corrected chi connectivity index (χ1v) is 11.2. The number of nitrogens with zero attached hydrogens (tertiary/aromatic N) is 1. The molecule has 0 radical (unpaired) electrons. The van der Waals surface area contributed by atoms with E-state index in [0.29, 0.717) is 12.8 Å². The monoisotopic (exact) mass is 391 g/mol. The van der Waals surface area contributed by atoms with Crippen molar-refractivity contribution in [2.45, 2.75) is 75.9 Å². The van der Waals surface area contributed by atoms with Gasteiger partial charge in [-0.05, 0) is 50.0 Å². The van der Waals surface area contributed by atoms with Gasteiger partial charge in [-0.3, -0.25) is 9.69 Å². The second-order valence-corrected chi connectivity index (χ2v) is 10.8. The summed E-state index contributed by atoms with van der Waals surface area (Å²) in [5, 5.41) is 23.9. The van der Waals surface area contributed by atoms with E-state index >= 15 is 0 Å². The predicted molar refractivity (Wildman–Crippen MR) is 100 cm³/mol. The summed E-state index contributed by atoms with van der Waals surface area (Å²) in [4.78, 5) is 15.6. The fraction of sp³-hybridized carbons (Fsp3) is 0.955. The third-order valence-electron chi connectivity index (χ3n) is 10.1. The highest BCUT2D eigenvalue weighted by Gasteiger charge is 2.84. The van der Waals surface area contributed by atoms with E-state index in [4.69, 9.17) is 9.47 Å². The molecule has 6 nitrogen and oxygen atoms in total. The molecule has 156 valence electrons. The van der Waals surface area contributed by atoms with E-state index in [1.807, 2.05) is 0 Å². The Labute approximate surface area is 166 Å². The maximum absolute atomic E-state index is 13.1. The Hall–Kier alpha value is -0.690. The summed E-state index contributed by atoms with van der Waals surface area (Å²) >= 11 is 0. The van der Waals surface area contributed by atoms with Gasteiger partial charge in [-0.15, -0.1) is 0 Å². The fourth-order valence-electron chi connectivity index (χ4n) is 9.64. The summed E-state index contributed by atoms with van der Waals surface area (Å²) < 4.78 is 11.9. The van der Waals surface area contributed by atoms with E-state index in [1.54, 1.807) is 7.11 Å². The molecule has 0 aromatic rings. The second-order valence-electron chi connectivity index (χ2n) is 10.8. The zero-order valence-corrected chi connectivity index (χ0v) is 17.1. The Kier molecular flexibility index (Phi) is 3.44. The van der Waals surface area contributed by atoms with Crippen LogP contribution < -0.4 is 0 Å². The van der Waals surface area contributed by atoms with Crippen molar-refractivity contribution in [1.29, 1.82) is 0 Å². The fourth-order valence-corrected chi connectivity index (χ4v) is 9.64. The number of carbonyl (C=O) groups is 1. The van der Waals surface area contributed by atoms with E-state index < -0.39 is 17.6 Å². The van der Waals surface area contributed by atoms with Crippen LogP contribution in [0.1, 0.15) is 46.0 Å². The number of esters is 1. The molecule has 28 heavy (non-hydrogen) atoms. The van der Waals surface area contributed by atoms with Crippen molar-refractivity contribution in [2.24, 2.45) is 34.5 Å². The van der Waals surface area contributed by atoms with Crippen molar-refractivity contribution in [3.8, 4) is 0 Å². The molecule has 4 aliphatic carbocycles. The first kappa shape index (κ1) is 18.1. The van der Waals surface area contributed by atoms with E-state index in [0.717, 1.165) is 32.4 Å². The van der Waals surface area contributed by atoms with Crippen LogP contribution in [0.2, 0.25) is 0 Å². The van der Waals surface area contributed by atoms with Crippen LogP contribution >= 0.6 is 0 Å². The number of aliphatic hydroxyl groups is 2. The van der Waals surface area contributed by atoms with Crippen LogP contribution in [0.3, 0.4) is 0 Å². The van der Waals surface area contributed by atoms with Gasteiger partial charge in [0.15, 0.2) is 0 Å². The molecule has 4 saturated carbocycles. The van der Waals surface area contributed by atoms with Crippen LogP contribution in [0.5, 0.6) is 0 Å². The molecule has 9 bridgehead atoms. The molecule has 3 aliphatic heterocycles. The number of likely N-dealkylation sites (tertiary alicyclic amines) is 1. The minimum atomic E-state index is -1.17. The molecule has 0 unspecified atom stereocenters. The molecule has 2 N–H and O–H groups in total. The maximum Gasteiger partial charge on any atom is 0.312 e. The lowest BCUT2D eigenvalue weighted by atomic mass is 9.42. The number of ether oxygens (including phenoxy) is 2. The molecule has 3 saturated heterocycles. The molecule has 7 fully saturated rings. The van der Waals surface area contributed by atoms with E-state index in [-0.39, 0.29) is 52.8 Å². The largest absolute Gasteiger partial charge is 0.462 e. The Bertz CT molecular complexity index is 730. The molecule has 0 aromatic heterocycles. The van der Waals surface area contributed by atoms with Gasteiger partial charge >= 0.3 is 5.97 Å². The van der Waals surface area contributed by atoms with Gasteiger partial charge in [-0.25, -0.2) is 0 Å². The van der Waals surface area contributed by atoms with E-state index in [9.17, 15) is 15.0 Å². The first-order chi connectivity index (χ1) is 13.3. The number of carbonyl (C=O) groups excluding carboxylic acids is 1. The van der Waals surface area contributed by atoms with Crippen molar-refractivity contribution < 1.29 is 24.5 Å². The molecule has 7 rings (SSSR count). The third-order valence-corrected chi connectivity index (χ3v) is 10.1. The first-order valence-electron chi connectivity index (χ1n) is 11.2. The highest BCUT2D eigenvalue weighted by atomic mass is 16.5. The van der Waals surface area contributed by atoms with Crippen LogP contribution in [-0.4, -0.2) is 71.2 Å². The van der Waals surface area contributed by atoms with Crippen molar-refractivity contribution >= 4 is 5.97 Å². The van der Waals surface area contributed by atoms with Gasteiger partial charge in [0.25, 0.3) is 0 Å². The molecule has 0 amide bonds. The quantitative estimate of drug-likeness (QED) is 0.689. The number of piperidine rings is 1. The Morgan fingerprint density at radius 1 is 1.32 bits per heavy atom. The Morgan fingerprint density at radius 3 is 2.82 bits per heavy atom. The average molecular weight is 392 g/mol. The van der Waals surface area contributed by atoms with Crippen molar-refractivity contribution in [3.05, 3.63) is 0 Å². The average Bonchev–Trinajstić information content (AvgIpc) is 2.73. The van der Waals surface area contributed by atoms with Crippen LogP contribution in [0.25, 0.3) is 0 Å². The number of methoxy groups -OCH3 is 1. The summed E-state index contributed by atoms with van der Waals surface area (Å²) in [6.07, 6.45) is 3.38. The Balaban J connectivity index is 1.66. The van der Waals surface area contributed by atoms with E-state index in [2.05, 4.69) is 18.7 Å². The van der Waals surface area contributed by atoms with Gasteiger partial charge in [0.2, 0.25) is 0 Å². The van der Waals surface area contributed by atoms with Gasteiger partial charge < -0.3 is 19.7 Å². The predicted octanol–water partition coefficient (Wildman–Crippen LogP) is 1.19. The number of rotatable bonds is 2. The smallest absolute Gasteiger partial charge is 0.312 e. The standard InChI is InChI=1S/C22H33NO5/c1-4-23-10-20(2)7-6-13(27-3)22-12-9-11-5-8-21(26,14(12)19(25)28-11)15(18(22)23)16(24)17(20)22/h11-18,24,26H,4-10H2,1-3H3/t11-,12-,13+,14-,15+,16-,17-,18+,20-,21+,22+/m1/s1. The Morgan fingerprint density at radius 2 is 2.11 bits per heavy atom. The minimum Gasteiger partial charge on any atom is -0.462 e. The molecular weight excluding hydrogens is 358 g/mol. The lowest BCUT2D eigenvalue weighted by Gasteiger charge is -2.69. The SMILES string of the molecule is CCN1C[C@@]2(C)CC[C@H](OC)[C@@]34[C@@H]5C[C@H]6CC[C@@](O)([C@@H]([C@@H](O)[C@H]23)[C@H]14)[C@H]5C(=O)O6. The highest BCUT2D eigenvalue weighted by Crippen LogP contribution is 2.77. The number of aliphatic hydroxyl groups excluding tert-OH is 1. The third kappa shape index (κ3) is 1.68. The topological polar surface area (TPSA) is 79.2 Å². The summed E-state index contributed by atoms with van der Waals surface area (Å²) in [7, 11) is 1.79. The number of fused-ring (bicyclic) bond motifs is 2. The van der Waals surface area contributed by atoms with Crippen LogP contribution in [0.4, 0.5) is 0 Å². The molecular formula is C22H33NO5. The number of hydrogen-bond acceptors (Lipinski definition) is 6. The molecule has 0 aromatic carbocycles. The summed E-state index contributed by atoms with van der Waals surface area (Å²) in [6, 6.07) is 0.0757. The lowest BCUT2D eigenvalue weighted by Crippen LogP contribution is -2.76. The van der Waals surface area contributed by atoms with Gasteiger partial charge in [0, 0.05) is 36.9 Å². The summed E-state index contributed by atoms with van der Waals surface area (Å²) in [5.74, 6) is -0.969. The van der Waals surface area contributed by atoms with Crippen LogP contribution in [-0.2, 0) is 14.3 Å². The van der Waals surface area contributed by atoms with Gasteiger partial charge in [-0.1, -0.05) is 13.8 Å². The van der Waals surface area contributed by atoms with Gasteiger partial charge in [0.05, 0.1) is 23.7 Å². The van der Waals surface area contributed by atoms with Crippen molar-refractivity contribution in [3.63, 3.8) is 0 Å². The van der Waals surface area contributed by atoms with Crippen molar-refractivity contribution in [1.82, 2.24) is 4.90 Å². The van der Waals surface area contributed by atoms with Crippen LogP contribution in [0, 0.1) is 34.5 Å². The normalized spacial score (nSPS) is 61.8. The summed E-state index contributed by atoms with van der Waals surface area (Å²) in [6.45, 7) is 6.38. The molecule has 7 aliphatic rings. The molecule has 1 spiro atoms. The number of hydrogen-bond donors (Lipinski definition) is 2. The van der Waals surface area contributed by atoms with Crippen molar-refractivity contribution in [2.75, 3.05) is 20.2 Å². The molecule has 6 heteroatoms. The molecule has 3 heterocycles. The van der Waals surface area contributed by atoms with Crippen LogP contribution in [0.15, 0.2) is 0 Å². The zero-order chi connectivity index (χ0) is 19.6. The van der Waals surface area contributed by atoms with E-state index in [1.165, 1.54) is 0 Å². The highest BCUT2D eigenvalue weighted by molar-refractivity contribution is 5.77. The van der Waals surface area contributed by atoms with Gasteiger partial charge in [0.1, 0.15) is 6.10 Å². The minimum absolute atomic E-state index is 0.0123. The van der Waals surface area contributed by atoms with Gasteiger partial charge in [-0.2, -0.15) is 0 Å². The zero-order valence-electron chi connectivity index (χ0n) is 17.1. The lowest BCUT2D eigenvalue weighted by molar-refractivity contribution is -0.269. The maximum atomic E-state index is 13.1.